The molecule has 0 unspecified atom stereocenters. The number of halogens is 4. The normalized spacial score (nSPS) is 14.1. The zero-order chi connectivity index (χ0) is 21.3. The molecular weight excluding hydrogens is 406 g/mol. The number of ether oxygens (including phenoxy) is 1. The van der Waals surface area contributed by atoms with Crippen LogP contribution in [0.25, 0.3) is 10.9 Å². The third-order valence-corrected chi connectivity index (χ3v) is 4.49. The van der Waals surface area contributed by atoms with Gasteiger partial charge >= 0.3 is 6.18 Å². The van der Waals surface area contributed by atoms with Gasteiger partial charge in [0.25, 0.3) is 5.88 Å². The van der Waals surface area contributed by atoms with Crippen molar-refractivity contribution in [2.75, 3.05) is 11.9 Å². The predicted octanol–water partition coefficient (Wildman–Crippen LogP) is 3.69. The number of rotatable bonds is 7. The fourth-order valence-electron chi connectivity index (χ4n) is 2.94. The molecule has 1 aliphatic carbocycles. The summed E-state index contributed by atoms with van der Waals surface area (Å²) in [5.41, 5.74) is 0.970. The Labute approximate surface area is 168 Å². The minimum absolute atomic E-state index is 0.106. The van der Waals surface area contributed by atoms with Gasteiger partial charge in [0.05, 0.1) is 17.4 Å². The number of carbonyl (C=O) groups is 1. The Balaban J connectivity index is 1.48. The van der Waals surface area contributed by atoms with Gasteiger partial charge in [0.15, 0.2) is 12.4 Å². The fourth-order valence-corrected chi connectivity index (χ4v) is 2.94. The lowest BCUT2D eigenvalue weighted by Crippen LogP contribution is -2.20. The number of anilines is 1. The Hall–Kier alpha value is -3.24. The maximum atomic E-state index is 14.0. The molecule has 158 valence electrons. The Morgan fingerprint density at radius 1 is 1.30 bits per heavy atom. The van der Waals surface area contributed by atoms with E-state index in [0.717, 1.165) is 18.9 Å². The molecule has 0 saturated heterocycles. The van der Waals surface area contributed by atoms with Crippen LogP contribution in [0.2, 0.25) is 0 Å². The molecule has 30 heavy (non-hydrogen) atoms. The molecule has 1 amide bonds. The summed E-state index contributed by atoms with van der Waals surface area (Å²) in [6, 6.07) is 2.72. The van der Waals surface area contributed by atoms with Crippen molar-refractivity contribution in [3.63, 3.8) is 0 Å². The summed E-state index contributed by atoms with van der Waals surface area (Å²) >= 11 is 0. The van der Waals surface area contributed by atoms with Gasteiger partial charge in [-0.3, -0.25) is 9.48 Å². The number of alkyl halides is 3. The highest BCUT2D eigenvalue weighted by Gasteiger charge is 2.29. The van der Waals surface area contributed by atoms with Gasteiger partial charge in [-0.15, -0.1) is 0 Å². The zero-order valence-electron chi connectivity index (χ0n) is 15.6. The first kappa shape index (κ1) is 20.0. The second kappa shape index (κ2) is 7.88. The maximum Gasteiger partial charge on any atom is 0.422 e. The van der Waals surface area contributed by atoms with Gasteiger partial charge in [0.2, 0.25) is 5.91 Å². The lowest BCUT2D eigenvalue weighted by Gasteiger charge is -2.09. The van der Waals surface area contributed by atoms with Crippen LogP contribution >= 0.6 is 0 Å². The molecule has 1 aliphatic rings. The Kier molecular flexibility index (Phi) is 5.27. The molecule has 0 spiro atoms. The summed E-state index contributed by atoms with van der Waals surface area (Å²) < 4.78 is 56.5. The van der Waals surface area contributed by atoms with E-state index < -0.39 is 24.5 Å². The summed E-state index contributed by atoms with van der Waals surface area (Å²) in [4.78, 5) is 19.9. The molecule has 4 rings (SSSR count). The van der Waals surface area contributed by atoms with Crippen molar-refractivity contribution in [2.24, 2.45) is 5.92 Å². The first-order chi connectivity index (χ1) is 14.3. The molecule has 0 bridgehead atoms. The van der Waals surface area contributed by atoms with Crippen LogP contribution in [0.15, 0.2) is 30.7 Å². The van der Waals surface area contributed by atoms with Crippen molar-refractivity contribution >= 4 is 22.6 Å². The number of fused-ring (bicyclic) bond motifs is 1. The van der Waals surface area contributed by atoms with E-state index in [1.807, 2.05) is 0 Å². The highest BCUT2D eigenvalue weighted by atomic mass is 19.4. The largest absolute Gasteiger partial charge is 0.466 e. The Morgan fingerprint density at radius 3 is 2.80 bits per heavy atom. The van der Waals surface area contributed by atoms with Gasteiger partial charge in [0.1, 0.15) is 5.82 Å². The fraction of sp³-hybridized carbons (Fsp3) is 0.368. The van der Waals surface area contributed by atoms with E-state index in [0.29, 0.717) is 34.6 Å². The van der Waals surface area contributed by atoms with Crippen LogP contribution in [-0.4, -0.2) is 38.4 Å². The van der Waals surface area contributed by atoms with Gasteiger partial charge in [-0.25, -0.2) is 14.4 Å². The predicted molar refractivity (Wildman–Crippen MR) is 98.3 cm³/mol. The third-order valence-electron chi connectivity index (χ3n) is 4.49. The number of hydrogen-bond acceptors (Lipinski definition) is 5. The van der Waals surface area contributed by atoms with Gasteiger partial charge in [-0.2, -0.15) is 18.3 Å². The molecule has 0 atom stereocenters. The molecule has 0 radical (unpaired) electrons. The number of pyridine rings is 2. The van der Waals surface area contributed by atoms with Crippen molar-refractivity contribution in [2.45, 2.75) is 32.0 Å². The van der Waals surface area contributed by atoms with Crippen LogP contribution in [-0.2, 0) is 11.3 Å². The SMILES string of the molecule is O=C(CC1CC1)Nc1nccc2nn(Cc3cnc(OCC(F)(F)F)c(F)c3)cc12. The molecular formula is C19H17F4N5O2. The molecule has 1 fully saturated rings. The number of carbonyl (C=O) groups excluding carboxylic acids is 1. The summed E-state index contributed by atoms with van der Waals surface area (Å²) in [6.07, 6.45) is 2.40. The van der Waals surface area contributed by atoms with Crippen LogP contribution in [0.4, 0.5) is 23.4 Å². The van der Waals surface area contributed by atoms with Crippen LogP contribution in [0.5, 0.6) is 5.88 Å². The van der Waals surface area contributed by atoms with Gasteiger partial charge < -0.3 is 10.1 Å². The second-order valence-corrected chi connectivity index (χ2v) is 7.15. The molecule has 1 saturated carbocycles. The maximum absolute atomic E-state index is 14.0. The summed E-state index contributed by atoms with van der Waals surface area (Å²) in [7, 11) is 0. The average molecular weight is 423 g/mol. The van der Waals surface area contributed by atoms with Crippen LogP contribution < -0.4 is 10.1 Å². The minimum atomic E-state index is -4.58. The highest BCUT2D eigenvalue weighted by molar-refractivity contribution is 5.99. The van der Waals surface area contributed by atoms with Crippen molar-refractivity contribution in [1.82, 2.24) is 19.7 Å². The number of nitrogens with one attached hydrogen (secondary N) is 1. The lowest BCUT2D eigenvalue weighted by atomic mass is 10.2. The first-order valence-electron chi connectivity index (χ1n) is 9.23. The van der Waals surface area contributed by atoms with Crippen molar-refractivity contribution in [3.8, 4) is 5.88 Å². The molecule has 0 aromatic carbocycles. The van der Waals surface area contributed by atoms with Gasteiger partial charge in [0, 0.05) is 25.0 Å². The number of nitrogens with zero attached hydrogens (tertiary/aromatic N) is 4. The van der Waals surface area contributed by atoms with Crippen molar-refractivity contribution < 1.29 is 27.1 Å². The van der Waals surface area contributed by atoms with Crippen LogP contribution in [0, 0.1) is 11.7 Å². The zero-order valence-corrected chi connectivity index (χ0v) is 15.6. The van der Waals surface area contributed by atoms with E-state index in [1.165, 1.54) is 17.1 Å². The van der Waals surface area contributed by atoms with E-state index in [-0.39, 0.29) is 12.5 Å². The third kappa shape index (κ3) is 5.02. The van der Waals surface area contributed by atoms with E-state index in [4.69, 9.17) is 0 Å². The van der Waals surface area contributed by atoms with E-state index >= 15 is 0 Å². The van der Waals surface area contributed by atoms with Crippen molar-refractivity contribution in [1.29, 1.82) is 0 Å². The van der Waals surface area contributed by atoms with E-state index in [1.54, 1.807) is 12.3 Å². The molecule has 1 N–H and O–H groups in total. The van der Waals surface area contributed by atoms with Gasteiger partial charge in [-0.1, -0.05) is 0 Å². The average Bonchev–Trinajstić information content (AvgIpc) is 3.36. The summed E-state index contributed by atoms with van der Waals surface area (Å²) in [6.45, 7) is -1.50. The van der Waals surface area contributed by atoms with Crippen LogP contribution in [0.3, 0.4) is 0 Å². The minimum Gasteiger partial charge on any atom is -0.466 e. The lowest BCUT2D eigenvalue weighted by molar-refractivity contribution is -0.154. The second-order valence-electron chi connectivity index (χ2n) is 7.15. The molecule has 0 aliphatic heterocycles. The quantitative estimate of drug-likeness (QED) is 0.586. The van der Waals surface area contributed by atoms with Crippen molar-refractivity contribution in [3.05, 3.63) is 42.1 Å². The number of aromatic nitrogens is 4. The molecule has 3 heterocycles. The first-order valence-corrected chi connectivity index (χ1v) is 9.23. The van der Waals surface area contributed by atoms with Crippen LogP contribution in [0.1, 0.15) is 24.8 Å². The smallest absolute Gasteiger partial charge is 0.422 e. The summed E-state index contributed by atoms with van der Waals surface area (Å²) in [5, 5.41) is 7.78. The molecule has 7 nitrogen and oxygen atoms in total. The monoisotopic (exact) mass is 423 g/mol. The van der Waals surface area contributed by atoms with Gasteiger partial charge in [-0.05, 0) is 36.5 Å². The molecule has 3 aromatic heterocycles. The highest BCUT2D eigenvalue weighted by Crippen LogP contribution is 2.32. The molecule has 11 heteroatoms. The number of hydrogen-bond donors (Lipinski definition) is 1. The standard InChI is InChI=1S/C19H17F4N5O2/c20-14-5-12(7-25-18(14)30-10-19(21,22)23)8-28-9-13-15(27-28)3-4-24-17(13)26-16(29)6-11-1-2-11/h3-5,7,9,11H,1-2,6,8,10H2,(H,24,26,29). The topological polar surface area (TPSA) is 81.9 Å². The number of amides is 1. The van der Waals surface area contributed by atoms with E-state index in [2.05, 4.69) is 25.1 Å². The Morgan fingerprint density at radius 2 is 2.10 bits per heavy atom. The van der Waals surface area contributed by atoms with E-state index in [9.17, 15) is 22.4 Å². The Bertz CT molecular complexity index is 1080. The summed E-state index contributed by atoms with van der Waals surface area (Å²) in [5.74, 6) is -0.984. The molecule has 3 aromatic rings.